The average Bonchev–Trinajstić information content (AvgIpc) is 3.08. The van der Waals surface area contributed by atoms with E-state index in [2.05, 4.69) is 21.9 Å². The van der Waals surface area contributed by atoms with E-state index in [-0.39, 0.29) is 5.91 Å². The minimum atomic E-state index is -0.412. The summed E-state index contributed by atoms with van der Waals surface area (Å²) in [6.45, 7) is 1.78. The zero-order valence-electron chi connectivity index (χ0n) is 12.7. The van der Waals surface area contributed by atoms with E-state index in [0.717, 1.165) is 11.1 Å². The summed E-state index contributed by atoms with van der Waals surface area (Å²) in [4.78, 5) is 12.0. The minimum absolute atomic E-state index is 0.221. The number of hydrazone groups is 1. The predicted octanol–water partition coefficient (Wildman–Crippen LogP) is 3.38. The van der Waals surface area contributed by atoms with Gasteiger partial charge in [0.15, 0.2) is 0 Å². The first-order chi connectivity index (χ1) is 11.2. The van der Waals surface area contributed by atoms with E-state index >= 15 is 0 Å². The van der Waals surface area contributed by atoms with E-state index in [0.29, 0.717) is 5.76 Å². The summed E-state index contributed by atoms with van der Waals surface area (Å²) in [6.07, 6.45) is 3.01. The van der Waals surface area contributed by atoms with Crippen molar-refractivity contribution in [3.05, 3.63) is 66.6 Å². The van der Waals surface area contributed by atoms with Crippen LogP contribution in [0.1, 0.15) is 12.7 Å². The van der Waals surface area contributed by atoms with Crippen molar-refractivity contribution >= 4 is 28.6 Å². The maximum absolute atomic E-state index is 12.0. The molecule has 0 radical (unpaired) electrons. The number of carbonyl (C=O) groups is 1. The van der Waals surface area contributed by atoms with Gasteiger partial charge in [-0.1, -0.05) is 30.3 Å². The van der Waals surface area contributed by atoms with Gasteiger partial charge in [0.05, 0.1) is 12.5 Å². The summed E-state index contributed by atoms with van der Waals surface area (Å²) in [5.41, 5.74) is 3.38. The molecule has 0 saturated heterocycles. The molecule has 0 aliphatic rings. The van der Waals surface area contributed by atoms with Crippen LogP contribution in [0.3, 0.4) is 0 Å². The van der Waals surface area contributed by atoms with E-state index in [1.165, 1.54) is 11.6 Å². The van der Waals surface area contributed by atoms with E-state index in [1.54, 1.807) is 25.3 Å². The average molecular weight is 307 g/mol. The number of hydrogen-bond acceptors (Lipinski definition) is 4. The molecular weight excluding hydrogens is 290 g/mol. The lowest BCUT2D eigenvalue weighted by Crippen LogP contribution is -2.34. The smallest absolute Gasteiger partial charge is 0.262 e. The highest BCUT2D eigenvalue weighted by atomic mass is 16.3. The van der Waals surface area contributed by atoms with Gasteiger partial charge in [0.25, 0.3) is 5.91 Å². The molecule has 5 nitrogen and oxygen atoms in total. The topological polar surface area (TPSA) is 66.6 Å². The van der Waals surface area contributed by atoms with E-state index < -0.39 is 6.04 Å². The number of benzene rings is 2. The fraction of sp³-hybridized carbons (Fsp3) is 0.111. The molecule has 116 valence electrons. The standard InChI is InChI=1S/C18H17N3O2/c1-13(18(22)21-19-12-17-7-4-10-23-17)20-16-9-8-14-5-2-3-6-15(14)11-16/h2-13,20H,1H3,(H,21,22). The SMILES string of the molecule is CC(Nc1ccc2ccccc2c1)C(=O)NN=Cc1ccco1. The molecule has 3 rings (SSSR count). The Balaban J connectivity index is 1.60. The molecule has 1 heterocycles. The zero-order valence-corrected chi connectivity index (χ0v) is 12.7. The van der Waals surface area contributed by atoms with Crippen LogP contribution in [-0.4, -0.2) is 18.2 Å². The van der Waals surface area contributed by atoms with Crippen LogP contribution in [0.25, 0.3) is 10.8 Å². The lowest BCUT2D eigenvalue weighted by molar-refractivity contribution is -0.121. The number of amides is 1. The molecule has 5 heteroatoms. The fourth-order valence-corrected chi connectivity index (χ4v) is 2.22. The Kier molecular flexibility index (Phi) is 4.38. The predicted molar refractivity (Wildman–Crippen MR) is 91.5 cm³/mol. The molecule has 1 aromatic heterocycles. The zero-order chi connectivity index (χ0) is 16.1. The number of anilines is 1. The van der Waals surface area contributed by atoms with Crippen molar-refractivity contribution in [1.82, 2.24) is 5.43 Å². The van der Waals surface area contributed by atoms with Gasteiger partial charge < -0.3 is 9.73 Å². The van der Waals surface area contributed by atoms with Crippen LogP contribution in [0.2, 0.25) is 0 Å². The molecule has 1 unspecified atom stereocenters. The lowest BCUT2D eigenvalue weighted by Gasteiger charge is -2.14. The van der Waals surface area contributed by atoms with Gasteiger partial charge >= 0.3 is 0 Å². The molecule has 2 N–H and O–H groups in total. The van der Waals surface area contributed by atoms with Crippen LogP contribution in [0.15, 0.2) is 70.4 Å². The van der Waals surface area contributed by atoms with Crippen molar-refractivity contribution in [1.29, 1.82) is 0 Å². The van der Waals surface area contributed by atoms with Gasteiger partial charge in [-0.15, -0.1) is 0 Å². The molecule has 23 heavy (non-hydrogen) atoms. The summed E-state index contributed by atoms with van der Waals surface area (Å²) in [6, 6.07) is 17.2. The third-order valence-corrected chi connectivity index (χ3v) is 3.44. The van der Waals surface area contributed by atoms with Crippen LogP contribution in [0.5, 0.6) is 0 Å². The lowest BCUT2D eigenvalue weighted by atomic mass is 10.1. The molecule has 0 aliphatic heterocycles. The van der Waals surface area contributed by atoms with Crippen LogP contribution in [0.4, 0.5) is 5.69 Å². The molecule has 0 spiro atoms. The van der Waals surface area contributed by atoms with Crippen LogP contribution < -0.4 is 10.7 Å². The highest BCUT2D eigenvalue weighted by Crippen LogP contribution is 2.19. The number of fused-ring (bicyclic) bond motifs is 1. The summed E-state index contributed by atoms with van der Waals surface area (Å²) >= 11 is 0. The first-order valence-corrected chi connectivity index (χ1v) is 7.34. The van der Waals surface area contributed by atoms with Crippen LogP contribution >= 0.6 is 0 Å². The Morgan fingerprint density at radius 1 is 1.13 bits per heavy atom. The monoisotopic (exact) mass is 307 g/mol. The van der Waals surface area contributed by atoms with E-state index in [9.17, 15) is 4.79 Å². The van der Waals surface area contributed by atoms with Crippen LogP contribution in [-0.2, 0) is 4.79 Å². The highest BCUT2D eigenvalue weighted by Gasteiger charge is 2.11. The Labute approximate surface area is 134 Å². The number of nitrogens with zero attached hydrogens (tertiary/aromatic N) is 1. The maximum atomic E-state index is 12.0. The molecule has 3 aromatic rings. The van der Waals surface area contributed by atoms with Crippen molar-refractivity contribution in [3.8, 4) is 0 Å². The molecule has 0 saturated carbocycles. The molecular formula is C18H17N3O2. The van der Waals surface area contributed by atoms with Gasteiger partial charge in [-0.3, -0.25) is 4.79 Å². The number of furan rings is 1. The number of hydrogen-bond donors (Lipinski definition) is 2. The quantitative estimate of drug-likeness (QED) is 0.561. The Morgan fingerprint density at radius 3 is 2.74 bits per heavy atom. The van der Waals surface area contributed by atoms with E-state index in [4.69, 9.17) is 4.42 Å². The second kappa shape index (κ2) is 6.79. The van der Waals surface area contributed by atoms with Gasteiger partial charge in [0.2, 0.25) is 0 Å². The van der Waals surface area contributed by atoms with Crippen molar-refractivity contribution in [3.63, 3.8) is 0 Å². The molecule has 1 amide bonds. The molecule has 1 atom stereocenters. The number of rotatable bonds is 5. The summed E-state index contributed by atoms with van der Waals surface area (Å²) in [7, 11) is 0. The first kappa shape index (κ1) is 14.8. The Hall–Kier alpha value is -3.08. The number of carbonyl (C=O) groups excluding carboxylic acids is 1. The van der Waals surface area contributed by atoms with Crippen LogP contribution in [0, 0.1) is 0 Å². The minimum Gasteiger partial charge on any atom is -0.463 e. The normalized spacial score (nSPS) is 12.4. The van der Waals surface area contributed by atoms with Crippen molar-refractivity contribution in [2.45, 2.75) is 13.0 Å². The van der Waals surface area contributed by atoms with Crippen molar-refractivity contribution in [2.75, 3.05) is 5.32 Å². The van der Waals surface area contributed by atoms with Gasteiger partial charge in [0, 0.05) is 5.69 Å². The molecule has 0 fully saturated rings. The van der Waals surface area contributed by atoms with Gasteiger partial charge in [0.1, 0.15) is 11.8 Å². The summed E-state index contributed by atoms with van der Waals surface area (Å²) in [5, 5.41) is 9.33. The molecule has 0 bridgehead atoms. The van der Waals surface area contributed by atoms with Gasteiger partial charge in [-0.05, 0) is 42.0 Å². The molecule has 0 aliphatic carbocycles. The van der Waals surface area contributed by atoms with Gasteiger partial charge in [-0.2, -0.15) is 5.10 Å². The Bertz CT molecular complexity index is 825. The highest BCUT2D eigenvalue weighted by molar-refractivity contribution is 5.88. The largest absolute Gasteiger partial charge is 0.463 e. The van der Waals surface area contributed by atoms with Crippen molar-refractivity contribution in [2.24, 2.45) is 5.10 Å². The first-order valence-electron chi connectivity index (χ1n) is 7.34. The third-order valence-electron chi connectivity index (χ3n) is 3.44. The maximum Gasteiger partial charge on any atom is 0.262 e. The van der Waals surface area contributed by atoms with Gasteiger partial charge in [-0.25, -0.2) is 5.43 Å². The van der Waals surface area contributed by atoms with Crippen molar-refractivity contribution < 1.29 is 9.21 Å². The Morgan fingerprint density at radius 2 is 1.96 bits per heavy atom. The second-order valence-electron chi connectivity index (χ2n) is 5.18. The summed E-state index contributed by atoms with van der Waals surface area (Å²) < 4.78 is 5.10. The van der Waals surface area contributed by atoms with E-state index in [1.807, 2.05) is 36.4 Å². The second-order valence-corrected chi connectivity index (χ2v) is 5.18. The number of nitrogens with one attached hydrogen (secondary N) is 2. The molecule has 2 aromatic carbocycles. The fourth-order valence-electron chi connectivity index (χ4n) is 2.22. The third kappa shape index (κ3) is 3.77. The summed E-state index contributed by atoms with van der Waals surface area (Å²) in [5.74, 6) is 0.362.